The van der Waals surface area contributed by atoms with E-state index in [-0.39, 0.29) is 24.4 Å². The summed E-state index contributed by atoms with van der Waals surface area (Å²) in [7, 11) is 0. The van der Waals surface area contributed by atoms with Crippen LogP contribution in [0.3, 0.4) is 0 Å². The lowest BCUT2D eigenvalue weighted by atomic mass is 9.99. The molecule has 28 heavy (non-hydrogen) atoms. The molecule has 1 aromatic carbocycles. The Labute approximate surface area is 175 Å². The highest BCUT2D eigenvalue weighted by atomic mass is 35.5. The summed E-state index contributed by atoms with van der Waals surface area (Å²) in [5, 5.41) is 6.84. The summed E-state index contributed by atoms with van der Waals surface area (Å²) in [6.07, 6.45) is 8.68. The van der Waals surface area contributed by atoms with Crippen molar-refractivity contribution < 1.29 is 14.3 Å². The van der Waals surface area contributed by atoms with Crippen LogP contribution in [-0.4, -0.2) is 37.2 Å². The molecule has 2 aliphatic heterocycles. The third-order valence-corrected chi connectivity index (χ3v) is 5.53. The van der Waals surface area contributed by atoms with Gasteiger partial charge in [0.05, 0.1) is 13.2 Å². The van der Waals surface area contributed by atoms with Gasteiger partial charge in [-0.1, -0.05) is 26.7 Å². The Morgan fingerprint density at radius 3 is 2.25 bits per heavy atom. The van der Waals surface area contributed by atoms with Crippen molar-refractivity contribution in [3.05, 3.63) is 23.8 Å². The number of ether oxygens (including phenoxy) is 2. The van der Waals surface area contributed by atoms with Gasteiger partial charge in [-0.3, -0.25) is 4.79 Å². The molecule has 2 bridgehead atoms. The predicted molar refractivity (Wildman–Crippen MR) is 115 cm³/mol. The van der Waals surface area contributed by atoms with Crippen LogP contribution in [0.5, 0.6) is 11.5 Å². The van der Waals surface area contributed by atoms with Gasteiger partial charge in [0.15, 0.2) is 11.5 Å². The first-order valence-corrected chi connectivity index (χ1v) is 10.7. The van der Waals surface area contributed by atoms with Gasteiger partial charge in [0.2, 0.25) is 0 Å². The minimum absolute atomic E-state index is 0. The van der Waals surface area contributed by atoms with E-state index in [1.54, 1.807) is 0 Å². The molecule has 2 fully saturated rings. The number of fused-ring (bicyclic) bond motifs is 2. The largest absolute Gasteiger partial charge is 0.490 e. The average molecular weight is 411 g/mol. The molecular formula is C22H35ClN2O3. The highest BCUT2D eigenvalue weighted by Gasteiger charge is 2.34. The summed E-state index contributed by atoms with van der Waals surface area (Å²) < 4.78 is 11.8. The highest BCUT2D eigenvalue weighted by molar-refractivity contribution is 5.95. The second-order valence-corrected chi connectivity index (χ2v) is 7.85. The second kappa shape index (κ2) is 11.5. The third kappa shape index (κ3) is 6.28. The molecule has 2 atom stereocenters. The van der Waals surface area contributed by atoms with Crippen molar-refractivity contribution in [3.63, 3.8) is 0 Å². The van der Waals surface area contributed by atoms with Crippen molar-refractivity contribution in [1.82, 2.24) is 10.6 Å². The lowest BCUT2D eigenvalue weighted by Gasteiger charge is -2.29. The van der Waals surface area contributed by atoms with E-state index < -0.39 is 0 Å². The maximum absolute atomic E-state index is 12.8. The van der Waals surface area contributed by atoms with Crippen molar-refractivity contribution >= 4 is 18.3 Å². The molecule has 6 heteroatoms. The number of hydrogen-bond acceptors (Lipinski definition) is 4. The summed E-state index contributed by atoms with van der Waals surface area (Å²) in [4.78, 5) is 12.8. The Morgan fingerprint density at radius 2 is 1.64 bits per heavy atom. The average Bonchev–Trinajstić information content (AvgIpc) is 3.01. The Balaban J connectivity index is 0.00000280. The maximum atomic E-state index is 12.8. The summed E-state index contributed by atoms with van der Waals surface area (Å²) in [6, 6.07) is 6.95. The van der Waals surface area contributed by atoms with Crippen LogP contribution in [0.2, 0.25) is 0 Å². The fourth-order valence-electron chi connectivity index (χ4n) is 3.98. The standard InChI is InChI=1S/C22H34N2O3.ClH/c1-3-5-11-26-20-10-7-16(13-21(20)27-12-6-4-2)22(25)24-19-14-17-8-9-18(15-19)23-17;/h7,10,13,17-19,23H,3-6,8-9,11-12,14-15H2,1-2H3,(H,24,25);1H. The van der Waals surface area contributed by atoms with E-state index in [0.29, 0.717) is 36.6 Å². The predicted octanol–water partition coefficient (Wildman–Crippen LogP) is 4.48. The summed E-state index contributed by atoms with van der Waals surface area (Å²) >= 11 is 0. The smallest absolute Gasteiger partial charge is 0.251 e. The molecule has 5 nitrogen and oxygen atoms in total. The van der Waals surface area contributed by atoms with Crippen LogP contribution in [0, 0.1) is 0 Å². The van der Waals surface area contributed by atoms with E-state index in [1.165, 1.54) is 12.8 Å². The molecule has 2 N–H and O–H groups in total. The SMILES string of the molecule is CCCCOc1ccc(C(=O)NC2CC3CCC(C2)N3)cc1OCCCC.Cl. The monoisotopic (exact) mass is 410 g/mol. The van der Waals surface area contributed by atoms with Crippen LogP contribution >= 0.6 is 12.4 Å². The number of rotatable bonds is 10. The van der Waals surface area contributed by atoms with Crippen molar-refractivity contribution in [3.8, 4) is 11.5 Å². The van der Waals surface area contributed by atoms with Gasteiger partial charge in [-0.2, -0.15) is 0 Å². The molecule has 0 saturated carbocycles. The number of unbranched alkanes of at least 4 members (excludes halogenated alkanes) is 2. The molecule has 2 unspecified atom stereocenters. The van der Waals surface area contributed by atoms with Crippen molar-refractivity contribution in [2.24, 2.45) is 0 Å². The number of carbonyl (C=O) groups is 1. The minimum atomic E-state index is -0.0123. The molecule has 158 valence electrons. The van der Waals surface area contributed by atoms with Crippen molar-refractivity contribution in [1.29, 1.82) is 0 Å². The van der Waals surface area contributed by atoms with Crippen LogP contribution < -0.4 is 20.1 Å². The van der Waals surface area contributed by atoms with Gasteiger partial charge in [-0.05, 0) is 56.7 Å². The molecule has 1 amide bonds. The number of amides is 1. The van der Waals surface area contributed by atoms with Crippen LogP contribution in [0.1, 0.15) is 75.6 Å². The van der Waals surface area contributed by atoms with Crippen LogP contribution in [0.25, 0.3) is 0 Å². The van der Waals surface area contributed by atoms with Crippen LogP contribution in [0.4, 0.5) is 0 Å². The molecule has 0 spiro atoms. The summed E-state index contributed by atoms with van der Waals surface area (Å²) in [6.45, 7) is 5.59. The third-order valence-electron chi connectivity index (χ3n) is 5.53. The lowest BCUT2D eigenvalue weighted by molar-refractivity contribution is 0.0923. The molecule has 0 radical (unpaired) electrons. The normalized spacial score (nSPS) is 23.0. The number of halogens is 1. The van der Waals surface area contributed by atoms with E-state index in [1.807, 2.05) is 18.2 Å². The zero-order valence-corrected chi connectivity index (χ0v) is 18.0. The van der Waals surface area contributed by atoms with Gasteiger partial charge >= 0.3 is 0 Å². The Morgan fingerprint density at radius 1 is 1.04 bits per heavy atom. The van der Waals surface area contributed by atoms with Gasteiger partial charge < -0.3 is 20.1 Å². The minimum Gasteiger partial charge on any atom is -0.490 e. The highest BCUT2D eigenvalue weighted by Crippen LogP contribution is 2.30. The fraction of sp³-hybridized carbons (Fsp3) is 0.682. The molecular weight excluding hydrogens is 376 g/mol. The first kappa shape index (κ1) is 22.8. The van der Waals surface area contributed by atoms with Crippen molar-refractivity contribution in [2.45, 2.75) is 83.3 Å². The van der Waals surface area contributed by atoms with Crippen LogP contribution in [0.15, 0.2) is 18.2 Å². The van der Waals surface area contributed by atoms with Crippen molar-refractivity contribution in [2.75, 3.05) is 13.2 Å². The first-order valence-electron chi connectivity index (χ1n) is 10.7. The van der Waals surface area contributed by atoms with E-state index in [9.17, 15) is 4.79 Å². The zero-order chi connectivity index (χ0) is 19.1. The van der Waals surface area contributed by atoms with Crippen LogP contribution in [-0.2, 0) is 0 Å². The molecule has 2 heterocycles. The first-order chi connectivity index (χ1) is 13.2. The number of hydrogen-bond donors (Lipinski definition) is 2. The molecule has 1 aromatic rings. The molecule has 2 aliphatic rings. The van der Waals surface area contributed by atoms with Gasteiger partial charge in [0.1, 0.15) is 0 Å². The number of piperidine rings is 1. The number of nitrogens with one attached hydrogen (secondary N) is 2. The Bertz CT molecular complexity index is 614. The fourth-order valence-corrected chi connectivity index (χ4v) is 3.98. The summed E-state index contributed by atoms with van der Waals surface area (Å²) in [5.41, 5.74) is 0.648. The maximum Gasteiger partial charge on any atom is 0.251 e. The van der Waals surface area contributed by atoms with E-state index in [4.69, 9.17) is 9.47 Å². The molecule has 0 aromatic heterocycles. The van der Waals surface area contributed by atoms with E-state index in [2.05, 4.69) is 24.5 Å². The van der Waals surface area contributed by atoms with E-state index in [0.717, 1.165) is 44.3 Å². The number of benzene rings is 1. The lowest BCUT2D eigenvalue weighted by Crippen LogP contribution is -2.48. The Kier molecular flexibility index (Phi) is 9.39. The molecule has 2 saturated heterocycles. The van der Waals surface area contributed by atoms with Gasteiger partial charge in [0, 0.05) is 23.7 Å². The zero-order valence-electron chi connectivity index (χ0n) is 17.2. The van der Waals surface area contributed by atoms with Gasteiger partial charge in [-0.15, -0.1) is 12.4 Å². The number of carbonyl (C=O) groups excluding carboxylic acids is 1. The topological polar surface area (TPSA) is 59.6 Å². The summed E-state index contributed by atoms with van der Waals surface area (Å²) in [5.74, 6) is 1.40. The quantitative estimate of drug-likeness (QED) is 0.558. The molecule has 3 rings (SSSR count). The Hall–Kier alpha value is -1.46. The van der Waals surface area contributed by atoms with Gasteiger partial charge in [-0.25, -0.2) is 0 Å². The second-order valence-electron chi connectivity index (χ2n) is 7.85. The molecule has 0 aliphatic carbocycles. The van der Waals surface area contributed by atoms with Gasteiger partial charge in [0.25, 0.3) is 5.91 Å². The van der Waals surface area contributed by atoms with E-state index >= 15 is 0 Å².